The average molecular weight is 261 g/mol. The number of aromatic nitrogens is 4. The molecule has 0 aliphatic carbocycles. The second-order valence-electron chi connectivity index (χ2n) is 5.22. The van der Waals surface area contributed by atoms with E-state index >= 15 is 0 Å². The van der Waals surface area contributed by atoms with Gasteiger partial charge in [0.15, 0.2) is 0 Å². The zero-order chi connectivity index (χ0) is 13.8. The molecule has 0 bridgehead atoms. The van der Waals surface area contributed by atoms with Crippen molar-refractivity contribution in [1.29, 1.82) is 0 Å². The average Bonchev–Trinajstić information content (AvgIpc) is 2.86. The van der Waals surface area contributed by atoms with Crippen molar-refractivity contribution in [2.24, 2.45) is 0 Å². The maximum atomic E-state index is 4.48. The molecule has 0 aliphatic rings. The third-order valence-electron chi connectivity index (χ3n) is 3.37. The fraction of sp³-hybridized carbons (Fsp3) is 0.571. The molecule has 0 saturated heterocycles. The van der Waals surface area contributed by atoms with Crippen LogP contribution in [-0.4, -0.2) is 38.2 Å². The van der Waals surface area contributed by atoms with Gasteiger partial charge in [0.05, 0.1) is 17.7 Å². The topological polar surface area (TPSA) is 49.7 Å². The zero-order valence-electron chi connectivity index (χ0n) is 12.3. The molecule has 5 nitrogen and oxygen atoms in total. The highest BCUT2D eigenvalue weighted by Gasteiger charge is 2.06. The van der Waals surface area contributed by atoms with Gasteiger partial charge in [-0.1, -0.05) is 0 Å². The first kappa shape index (κ1) is 13.8. The van der Waals surface area contributed by atoms with Gasteiger partial charge >= 0.3 is 0 Å². The van der Waals surface area contributed by atoms with E-state index in [1.54, 1.807) is 6.33 Å². The highest BCUT2D eigenvalue weighted by atomic mass is 15.3. The van der Waals surface area contributed by atoms with Crippen LogP contribution in [0.3, 0.4) is 0 Å². The van der Waals surface area contributed by atoms with Crippen molar-refractivity contribution in [1.82, 2.24) is 24.6 Å². The van der Waals surface area contributed by atoms with Crippen LogP contribution in [0.15, 0.2) is 12.4 Å². The number of hydrogen-bond acceptors (Lipinski definition) is 3. The zero-order valence-corrected chi connectivity index (χ0v) is 12.3. The molecule has 0 atom stereocenters. The minimum atomic E-state index is 0.895. The highest BCUT2D eigenvalue weighted by molar-refractivity contribution is 5.08. The lowest BCUT2D eigenvalue weighted by molar-refractivity contribution is 0.307. The van der Waals surface area contributed by atoms with Crippen molar-refractivity contribution in [2.45, 2.75) is 40.3 Å². The van der Waals surface area contributed by atoms with Gasteiger partial charge in [0.2, 0.25) is 0 Å². The minimum absolute atomic E-state index is 0.895. The molecule has 2 aromatic heterocycles. The molecule has 0 radical (unpaired) electrons. The van der Waals surface area contributed by atoms with Crippen LogP contribution in [0.4, 0.5) is 0 Å². The monoisotopic (exact) mass is 261 g/mol. The number of nitrogens with zero attached hydrogens (tertiary/aromatic N) is 4. The summed E-state index contributed by atoms with van der Waals surface area (Å²) in [7, 11) is 2.13. The first-order valence-corrected chi connectivity index (χ1v) is 6.74. The number of aryl methyl sites for hydroxylation is 4. The Bertz CT molecular complexity index is 526. The maximum Gasteiger partial charge on any atom is 0.0925 e. The number of H-pyrrole nitrogens is 1. The van der Waals surface area contributed by atoms with Gasteiger partial charge in [-0.15, -0.1) is 0 Å². The number of nitrogens with one attached hydrogen (secondary N) is 1. The summed E-state index contributed by atoms with van der Waals surface area (Å²) in [6.07, 6.45) is 2.86. The van der Waals surface area contributed by atoms with E-state index in [0.29, 0.717) is 0 Å². The van der Waals surface area contributed by atoms with Crippen LogP contribution in [-0.2, 0) is 13.1 Å². The van der Waals surface area contributed by atoms with Crippen LogP contribution in [0, 0.1) is 20.8 Å². The Morgan fingerprint density at radius 1 is 1.32 bits per heavy atom. The Labute approximate surface area is 114 Å². The molecular formula is C14H23N5. The van der Waals surface area contributed by atoms with Gasteiger partial charge in [-0.25, -0.2) is 4.98 Å². The summed E-state index contributed by atoms with van der Waals surface area (Å²) in [6, 6.07) is 2.12. The lowest BCUT2D eigenvalue weighted by Gasteiger charge is -2.16. The fourth-order valence-corrected chi connectivity index (χ4v) is 2.27. The van der Waals surface area contributed by atoms with Crippen molar-refractivity contribution >= 4 is 0 Å². The molecule has 5 heteroatoms. The standard InChI is InChI=1S/C14H23N5/c1-11-8-12(2)19(17-11)7-5-6-18(4)9-14-13(3)15-10-16-14/h8,10H,5-7,9H2,1-4H3,(H,15,16). The molecule has 0 fully saturated rings. The van der Waals surface area contributed by atoms with Gasteiger partial charge < -0.3 is 9.88 Å². The van der Waals surface area contributed by atoms with E-state index in [0.717, 1.165) is 43.1 Å². The Morgan fingerprint density at radius 3 is 2.68 bits per heavy atom. The summed E-state index contributed by atoms with van der Waals surface area (Å²) in [6.45, 7) is 9.12. The SMILES string of the molecule is Cc1cc(C)n(CCCN(C)Cc2nc[nH]c2C)n1. The Kier molecular flexibility index (Phi) is 4.37. The third-order valence-corrected chi connectivity index (χ3v) is 3.37. The normalized spacial score (nSPS) is 11.4. The van der Waals surface area contributed by atoms with Gasteiger partial charge in [-0.3, -0.25) is 4.68 Å². The summed E-state index contributed by atoms with van der Waals surface area (Å²) in [4.78, 5) is 9.74. The summed E-state index contributed by atoms with van der Waals surface area (Å²) < 4.78 is 2.09. The number of imidazole rings is 1. The van der Waals surface area contributed by atoms with E-state index in [1.165, 1.54) is 5.69 Å². The van der Waals surface area contributed by atoms with Gasteiger partial charge in [-0.2, -0.15) is 5.10 Å². The maximum absolute atomic E-state index is 4.48. The van der Waals surface area contributed by atoms with Gasteiger partial charge in [0, 0.05) is 31.0 Å². The Balaban J connectivity index is 1.76. The van der Waals surface area contributed by atoms with Crippen molar-refractivity contribution < 1.29 is 0 Å². The summed E-state index contributed by atoms with van der Waals surface area (Å²) in [5.41, 5.74) is 4.63. The second kappa shape index (κ2) is 6.02. The lowest BCUT2D eigenvalue weighted by Crippen LogP contribution is -2.21. The molecule has 0 spiro atoms. The molecule has 0 saturated carbocycles. The van der Waals surface area contributed by atoms with Gasteiger partial charge in [0.25, 0.3) is 0 Å². The van der Waals surface area contributed by atoms with Crippen molar-refractivity contribution in [3.63, 3.8) is 0 Å². The lowest BCUT2D eigenvalue weighted by atomic mass is 10.3. The molecule has 0 unspecified atom stereocenters. The predicted octanol–water partition coefficient (Wildman–Crippen LogP) is 2.05. The van der Waals surface area contributed by atoms with Crippen LogP contribution in [0.1, 0.15) is 29.2 Å². The van der Waals surface area contributed by atoms with Crippen LogP contribution in [0.5, 0.6) is 0 Å². The van der Waals surface area contributed by atoms with E-state index in [9.17, 15) is 0 Å². The largest absolute Gasteiger partial charge is 0.348 e. The number of rotatable bonds is 6. The molecule has 104 valence electrons. The predicted molar refractivity (Wildman–Crippen MR) is 76.0 cm³/mol. The van der Waals surface area contributed by atoms with Crippen molar-refractivity contribution in [3.8, 4) is 0 Å². The first-order chi connectivity index (χ1) is 9.06. The van der Waals surface area contributed by atoms with Crippen molar-refractivity contribution in [2.75, 3.05) is 13.6 Å². The minimum Gasteiger partial charge on any atom is -0.348 e. The summed E-state index contributed by atoms with van der Waals surface area (Å²) in [5, 5.41) is 4.48. The molecule has 0 amide bonds. The van der Waals surface area contributed by atoms with E-state index in [-0.39, 0.29) is 0 Å². The van der Waals surface area contributed by atoms with E-state index in [2.05, 4.69) is 51.6 Å². The van der Waals surface area contributed by atoms with Gasteiger partial charge in [0.1, 0.15) is 0 Å². The first-order valence-electron chi connectivity index (χ1n) is 6.74. The van der Waals surface area contributed by atoms with Crippen molar-refractivity contribution in [3.05, 3.63) is 35.2 Å². The summed E-state index contributed by atoms with van der Waals surface area (Å²) in [5.74, 6) is 0. The molecule has 0 aliphatic heterocycles. The van der Waals surface area contributed by atoms with E-state index < -0.39 is 0 Å². The molecular weight excluding hydrogens is 238 g/mol. The molecule has 2 heterocycles. The highest BCUT2D eigenvalue weighted by Crippen LogP contribution is 2.06. The molecule has 2 rings (SSSR count). The molecule has 19 heavy (non-hydrogen) atoms. The van der Waals surface area contributed by atoms with E-state index in [4.69, 9.17) is 0 Å². The fourth-order valence-electron chi connectivity index (χ4n) is 2.27. The molecule has 2 aromatic rings. The smallest absolute Gasteiger partial charge is 0.0925 e. The van der Waals surface area contributed by atoms with Crippen LogP contribution in [0.2, 0.25) is 0 Å². The van der Waals surface area contributed by atoms with E-state index in [1.807, 2.05) is 6.92 Å². The quantitative estimate of drug-likeness (QED) is 0.866. The second-order valence-corrected chi connectivity index (χ2v) is 5.22. The van der Waals surface area contributed by atoms with Gasteiger partial charge in [-0.05, 0) is 40.3 Å². The molecule has 1 N–H and O–H groups in total. The van der Waals surface area contributed by atoms with Crippen LogP contribution in [0.25, 0.3) is 0 Å². The Hall–Kier alpha value is -1.62. The van der Waals surface area contributed by atoms with Crippen LogP contribution < -0.4 is 0 Å². The van der Waals surface area contributed by atoms with Crippen LogP contribution >= 0.6 is 0 Å². The Morgan fingerprint density at radius 2 is 2.11 bits per heavy atom. The third kappa shape index (κ3) is 3.67. The number of hydrogen-bond donors (Lipinski definition) is 1. The summed E-state index contributed by atoms with van der Waals surface area (Å²) >= 11 is 0. The number of aromatic amines is 1. The molecule has 0 aromatic carbocycles.